The topological polar surface area (TPSA) is 105 Å². The van der Waals surface area contributed by atoms with Gasteiger partial charge < -0.3 is 5.32 Å². The molecule has 1 aliphatic rings. The molecular weight excluding hydrogens is 332 g/mol. The van der Waals surface area contributed by atoms with Crippen molar-refractivity contribution < 1.29 is 4.79 Å². The zero-order valence-electron chi connectivity index (χ0n) is 14.7. The number of aromatic amines is 1. The van der Waals surface area contributed by atoms with Gasteiger partial charge >= 0.3 is 0 Å². The van der Waals surface area contributed by atoms with Crippen molar-refractivity contribution >= 4 is 17.2 Å². The van der Waals surface area contributed by atoms with Gasteiger partial charge in [-0.15, -0.1) is 0 Å². The van der Waals surface area contributed by atoms with Crippen molar-refractivity contribution in [3.05, 3.63) is 51.6 Å². The Balaban J connectivity index is 1.51. The van der Waals surface area contributed by atoms with E-state index in [0.29, 0.717) is 17.3 Å². The van der Waals surface area contributed by atoms with E-state index in [4.69, 9.17) is 0 Å². The Bertz CT molecular complexity index is 1030. The second-order valence-electron chi connectivity index (χ2n) is 6.76. The van der Waals surface area contributed by atoms with Gasteiger partial charge in [0.2, 0.25) is 5.91 Å². The number of carbonyl (C=O) groups excluding carboxylic acids is 1. The van der Waals surface area contributed by atoms with E-state index in [1.54, 1.807) is 16.9 Å². The van der Waals surface area contributed by atoms with Crippen LogP contribution in [0.3, 0.4) is 0 Å². The first-order valence-corrected chi connectivity index (χ1v) is 8.71. The van der Waals surface area contributed by atoms with Crippen molar-refractivity contribution in [3.8, 4) is 0 Å². The molecule has 1 amide bonds. The van der Waals surface area contributed by atoms with E-state index in [9.17, 15) is 9.59 Å². The molecule has 1 saturated carbocycles. The fourth-order valence-electron chi connectivity index (χ4n) is 3.26. The summed E-state index contributed by atoms with van der Waals surface area (Å²) in [5, 5.41) is 5.52. The Morgan fingerprint density at radius 2 is 2.04 bits per heavy atom. The number of fused-ring (bicyclic) bond motifs is 1. The largest absolute Gasteiger partial charge is 0.323 e. The number of aryl methyl sites for hydroxylation is 2. The van der Waals surface area contributed by atoms with Gasteiger partial charge in [0.15, 0.2) is 5.65 Å². The van der Waals surface area contributed by atoms with Gasteiger partial charge in [0.1, 0.15) is 5.82 Å². The highest BCUT2D eigenvalue weighted by atomic mass is 16.1. The van der Waals surface area contributed by atoms with Crippen LogP contribution in [-0.4, -0.2) is 30.5 Å². The third-order valence-corrected chi connectivity index (χ3v) is 4.97. The minimum Gasteiger partial charge on any atom is -0.323 e. The van der Waals surface area contributed by atoms with E-state index < -0.39 is 0 Å². The van der Waals surface area contributed by atoms with Gasteiger partial charge in [-0.3, -0.25) is 14.7 Å². The number of H-pyrrole nitrogens is 1. The maximum absolute atomic E-state index is 12.4. The van der Waals surface area contributed by atoms with Crippen molar-refractivity contribution in [2.45, 2.75) is 45.4 Å². The lowest BCUT2D eigenvalue weighted by molar-refractivity contribution is -0.115. The Kier molecular flexibility index (Phi) is 4.02. The van der Waals surface area contributed by atoms with Gasteiger partial charge in [-0.05, 0) is 26.7 Å². The molecule has 0 bridgehead atoms. The molecule has 4 rings (SSSR count). The molecular formula is C18H20N6O2. The first-order valence-electron chi connectivity index (χ1n) is 8.71. The zero-order valence-corrected chi connectivity index (χ0v) is 14.7. The number of aromatic nitrogens is 5. The summed E-state index contributed by atoms with van der Waals surface area (Å²) in [6.07, 6.45) is 6.98. The monoisotopic (exact) mass is 352 g/mol. The van der Waals surface area contributed by atoms with Crippen LogP contribution in [0.4, 0.5) is 5.69 Å². The number of anilines is 1. The van der Waals surface area contributed by atoms with Crippen molar-refractivity contribution in [1.82, 2.24) is 24.6 Å². The number of carbonyl (C=O) groups is 1. The maximum atomic E-state index is 12.4. The normalized spacial score (nSPS) is 14.4. The molecule has 134 valence electrons. The first-order chi connectivity index (χ1) is 12.5. The molecule has 0 spiro atoms. The third-order valence-electron chi connectivity index (χ3n) is 4.97. The summed E-state index contributed by atoms with van der Waals surface area (Å²) in [5.41, 5.74) is 3.22. The molecule has 0 atom stereocenters. The van der Waals surface area contributed by atoms with Gasteiger partial charge in [-0.25, -0.2) is 19.5 Å². The number of nitrogens with one attached hydrogen (secondary N) is 2. The highest BCUT2D eigenvalue weighted by Crippen LogP contribution is 2.34. The third kappa shape index (κ3) is 2.98. The number of amides is 1. The predicted molar refractivity (Wildman–Crippen MR) is 96.2 cm³/mol. The van der Waals surface area contributed by atoms with Crippen LogP contribution in [0.5, 0.6) is 0 Å². The van der Waals surface area contributed by atoms with Gasteiger partial charge in [0.05, 0.1) is 24.5 Å². The lowest BCUT2D eigenvalue weighted by atomic mass is 9.85. The summed E-state index contributed by atoms with van der Waals surface area (Å²) < 4.78 is 1.61. The number of hydrogen-bond acceptors (Lipinski definition) is 5. The van der Waals surface area contributed by atoms with Crippen LogP contribution in [0.25, 0.3) is 5.65 Å². The average molecular weight is 352 g/mol. The van der Waals surface area contributed by atoms with Crippen molar-refractivity contribution in [3.63, 3.8) is 0 Å². The second-order valence-corrected chi connectivity index (χ2v) is 6.76. The molecule has 2 N–H and O–H groups in total. The molecule has 0 aromatic carbocycles. The smallest absolute Gasteiger partial charge is 0.266 e. The van der Waals surface area contributed by atoms with Gasteiger partial charge in [-0.1, -0.05) is 6.42 Å². The Labute approximate surface area is 149 Å². The van der Waals surface area contributed by atoms with Crippen molar-refractivity contribution in [2.75, 3.05) is 5.32 Å². The van der Waals surface area contributed by atoms with Crippen molar-refractivity contribution in [1.29, 1.82) is 0 Å². The minimum absolute atomic E-state index is 0.158. The fourth-order valence-corrected chi connectivity index (χ4v) is 3.26. The molecule has 8 nitrogen and oxygen atoms in total. The van der Waals surface area contributed by atoms with Crippen LogP contribution in [0.1, 0.15) is 48.0 Å². The SMILES string of the molecule is Cc1nc2cc(=O)[nH]n2c(C)c1CC(=O)Nc1cnc(C2CCC2)nc1. The Hall–Kier alpha value is -3.03. The molecule has 0 aliphatic heterocycles. The predicted octanol–water partition coefficient (Wildman–Crippen LogP) is 1.88. The van der Waals surface area contributed by atoms with E-state index in [1.807, 2.05) is 13.8 Å². The first kappa shape index (κ1) is 16.4. The highest BCUT2D eigenvalue weighted by molar-refractivity contribution is 5.92. The van der Waals surface area contributed by atoms with E-state index in [2.05, 4.69) is 25.4 Å². The van der Waals surface area contributed by atoms with Crippen LogP contribution in [0.15, 0.2) is 23.3 Å². The summed E-state index contributed by atoms with van der Waals surface area (Å²) in [7, 11) is 0. The van der Waals surface area contributed by atoms with Crippen LogP contribution in [0.2, 0.25) is 0 Å². The van der Waals surface area contributed by atoms with E-state index in [-0.39, 0.29) is 17.9 Å². The number of nitrogens with zero attached hydrogens (tertiary/aromatic N) is 4. The maximum Gasteiger partial charge on any atom is 0.266 e. The van der Waals surface area contributed by atoms with Crippen LogP contribution in [-0.2, 0) is 11.2 Å². The zero-order chi connectivity index (χ0) is 18.3. The van der Waals surface area contributed by atoms with Crippen molar-refractivity contribution in [2.24, 2.45) is 0 Å². The summed E-state index contributed by atoms with van der Waals surface area (Å²) in [4.78, 5) is 37.1. The summed E-state index contributed by atoms with van der Waals surface area (Å²) in [6, 6.07) is 1.44. The summed E-state index contributed by atoms with van der Waals surface area (Å²) in [5.74, 6) is 1.14. The summed E-state index contributed by atoms with van der Waals surface area (Å²) in [6.45, 7) is 3.69. The lowest BCUT2D eigenvalue weighted by Crippen LogP contribution is -2.19. The van der Waals surface area contributed by atoms with Crippen LogP contribution >= 0.6 is 0 Å². The second kappa shape index (κ2) is 6.36. The quantitative estimate of drug-likeness (QED) is 0.746. The van der Waals surface area contributed by atoms with E-state index >= 15 is 0 Å². The Morgan fingerprint density at radius 1 is 1.31 bits per heavy atom. The van der Waals surface area contributed by atoms with Gasteiger partial charge in [0.25, 0.3) is 5.56 Å². The number of hydrogen-bond donors (Lipinski definition) is 2. The van der Waals surface area contributed by atoms with E-state index in [0.717, 1.165) is 35.6 Å². The molecule has 3 aromatic rings. The van der Waals surface area contributed by atoms with Gasteiger partial charge in [0, 0.05) is 28.9 Å². The molecule has 0 saturated heterocycles. The lowest BCUT2D eigenvalue weighted by Gasteiger charge is -2.23. The molecule has 1 fully saturated rings. The molecule has 3 aromatic heterocycles. The van der Waals surface area contributed by atoms with E-state index in [1.165, 1.54) is 12.5 Å². The molecule has 26 heavy (non-hydrogen) atoms. The molecule has 1 aliphatic carbocycles. The molecule has 3 heterocycles. The Morgan fingerprint density at radius 3 is 2.69 bits per heavy atom. The molecule has 0 radical (unpaired) electrons. The standard InChI is InChI=1S/C18H20N6O2/c1-10-14(11(2)24-15(21-10)7-17(26)23-24)6-16(25)22-13-8-19-18(20-9-13)12-4-3-5-12/h7-9,12H,3-6H2,1-2H3,(H,22,25)(H,23,26). The summed E-state index contributed by atoms with van der Waals surface area (Å²) >= 11 is 0. The molecule has 0 unspecified atom stereocenters. The minimum atomic E-state index is -0.217. The van der Waals surface area contributed by atoms with Crippen LogP contribution in [0, 0.1) is 13.8 Å². The van der Waals surface area contributed by atoms with Gasteiger partial charge in [-0.2, -0.15) is 0 Å². The van der Waals surface area contributed by atoms with Crippen LogP contribution < -0.4 is 10.9 Å². The molecule has 8 heteroatoms. The number of rotatable bonds is 4. The average Bonchev–Trinajstić information content (AvgIpc) is 2.92. The fraction of sp³-hybridized carbons (Fsp3) is 0.389. The highest BCUT2D eigenvalue weighted by Gasteiger charge is 2.22.